The van der Waals surface area contributed by atoms with E-state index in [0.717, 1.165) is 11.1 Å². The van der Waals surface area contributed by atoms with E-state index in [9.17, 15) is 5.11 Å². The Hall–Kier alpha value is -0.900. The maximum absolute atomic E-state index is 9.99. The summed E-state index contributed by atoms with van der Waals surface area (Å²) in [6.45, 7) is 7.94. The molecule has 3 heteroatoms. The fourth-order valence-corrected chi connectivity index (χ4v) is 1.97. The third-order valence-corrected chi connectivity index (χ3v) is 2.97. The predicted molar refractivity (Wildman–Crippen MR) is 65.5 cm³/mol. The van der Waals surface area contributed by atoms with Crippen molar-refractivity contribution in [2.75, 3.05) is 6.61 Å². The molecule has 1 fully saturated rings. The first-order chi connectivity index (χ1) is 7.78. The van der Waals surface area contributed by atoms with Crippen molar-refractivity contribution in [3.63, 3.8) is 0 Å². The predicted octanol–water partition coefficient (Wildman–Crippen LogP) is 2.74. The molecule has 1 aliphatic rings. The molecule has 1 atom stereocenters. The van der Waals surface area contributed by atoms with Crippen molar-refractivity contribution < 1.29 is 14.6 Å². The lowest BCUT2D eigenvalue weighted by Crippen LogP contribution is -2.20. The van der Waals surface area contributed by atoms with Crippen molar-refractivity contribution in [3.8, 4) is 0 Å². The molecule has 1 heterocycles. The summed E-state index contributed by atoms with van der Waals surface area (Å²) < 4.78 is 11.3. The Morgan fingerprint density at radius 3 is 2.59 bits per heavy atom. The van der Waals surface area contributed by atoms with Crippen molar-refractivity contribution in [2.45, 2.75) is 45.2 Å². The lowest BCUT2D eigenvalue weighted by molar-refractivity contribution is -0.139. The molecule has 0 bridgehead atoms. The summed E-state index contributed by atoms with van der Waals surface area (Å²) in [5, 5.41) is 9.99. The second-order valence-electron chi connectivity index (χ2n) is 5.50. The van der Waals surface area contributed by atoms with Gasteiger partial charge in [0.05, 0.1) is 12.2 Å². The summed E-state index contributed by atoms with van der Waals surface area (Å²) >= 11 is 0. The van der Waals surface area contributed by atoms with Crippen molar-refractivity contribution in [3.05, 3.63) is 35.4 Å². The van der Waals surface area contributed by atoms with Crippen LogP contribution in [-0.2, 0) is 15.1 Å². The Morgan fingerprint density at radius 1 is 1.35 bits per heavy atom. The highest BCUT2D eigenvalue weighted by atomic mass is 16.7. The van der Waals surface area contributed by atoms with Crippen molar-refractivity contribution in [2.24, 2.45) is 0 Å². The van der Waals surface area contributed by atoms with Gasteiger partial charge in [-0.1, -0.05) is 24.3 Å². The zero-order valence-corrected chi connectivity index (χ0v) is 10.9. The van der Waals surface area contributed by atoms with E-state index in [-0.39, 0.29) is 6.10 Å². The van der Waals surface area contributed by atoms with Crippen LogP contribution in [0.1, 0.15) is 44.9 Å². The molecule has 1 N–H and O–H groups in total. The molecule has 1 aliphatic heterocycles. The number of hydrogen-bond acceptors (Lipinski definition) is 3. The van der Waals surface area contributed by atoms with Crippen LogP contribution in [0.3, 0.4) is 0 Å². The monoisotopic (exact) mass is 236 g/mol. The number of aliphatic hydroxyl groups is 1. The highest BCUT2D eigenvalue weighted by Crippen LogP contribution is 2.34. The number of hydrogen-bond donors (Lipinski definition) is 1. The zero-order valence-electron chi connectivity index (χ0n) is 10.9. The summed E-state index contributed by atoms with van der Waals surface area (Å²) in [4.78, 5) is 0. The molecule has 1 unspecified atom stereocenters. The average molecular weight is 236 g/mol. The van der Waals surface area contributed by atoms with Gasteiger partial charge in [-0.15, -0.1) is 0 Å². The highest BCUT2D eigenvalue weighted by molar-refractivity contribution is 5.29. The maximum Gasteiger partial charge on any atom is 0.163 e. The molecule has 1 saturated heterocycles. The van der Waals surface area contributed by atoms with Gasteiger partial charge in [-0.25, -0.2) is 0 Å². The van der Waals surface area contributed by atoms with Gasteiger partial charge in [-0.2, -0.15) is 0 Å². The first-order valence-corrected chi connectivity index (χ1v) is 5.92. The van der Waals surface area contributed by atoms with Gasteiger partial charge in [0, 0.05) is 0 Å². The van der Waals surface area contributed by atoms with E-state index >= 15 is 0 Å². The van der Waals surface area contributed by atoms with Crippen LogP contribution in [0, 0.1) is 0 Å². The Kier molecular flexibility index (Phi) is 3.02. The third-order valence-electron chi connectivity index (χ3n) is 2.97. The lowest BCUT2D eigenvalue weighted by Gasteiger charge is -2.20. The molecule has 1 aromatic rings. The molecule has 0 amide bonds. The van der Waals surface area contributed by atoms with E-state index in [2.05, 4.69) is 0 Å². The van der Waals surface area contributed by atoms with Gasteiger partial charge in [0.25, 0.3) is 0 Å². The highest BCUT2D eigenvalue weighted by Gasteiger charge is 2.33. The number of benzene rings is 1. The standard InChI is InChI=1S/C14H20O3/c1-13(2,15)11-7-5-6-10(8-11)12-9-16-14(3,4)17-12/h5-8,12,15H,9H2,1-4H3. The Bertz CT molecular complexity index is 404. The van der Waals surface area contributed by atoms with Crippen LogP contribution >= 0.6 is 0 Å². The molecule has 0 radical (unpaired) electrons. The van der Waals surface area contributed by atoms with Gasteiger partial charge in [0.1, 0.15) is 6.10 Å². The summed E-state index contributed by atoms with van der Waals surface area (Å²) in [5.41, 5.74) is 1.11. The second kappa shape index (κ2) is 4.09. The van der Waals surface area contributed by atoms with Gasteiger partial charge in [0.15, 0.2) is 5.79 Å². The first-order valence-electron chi connectivity index (χ1n) is 5.92. The second-order valence-corrected chi connectivity index (χ2v) is 5.50. The zero-order chi connectivity index (χ0) is 12.7. The van der Waals surface area contributed by atoms with E-state index in [1.807, 2.05) is 38.1 Å². The molecule has 0 aromatic heterocycles. The number of ether oxygens (including phenoxy) is 2. The van der Waals surface area contributed by atoms with Gasteiger partial charge < -0.3 is 14.6 Å². The maximum atomic E-state index is 9.99. The molecule has 0 aliphatic carbocycles. The van der Waals surface area contributed by atoms with E-state index < -0.39 is 11.4 Å². The minimum atomic E-state index is -0.828. The molecule has 2 rings (SSSR count). The third kappa shape index (κ3) is 2.86. The van der Waals surface area contributed by atoms with E-state index in [1.54, 1.807) is 13.8 Å². The smallest absolute Gasteiger partial charge is 0.163 e. The van der Waals surface area contributed by atoms with Crippen molar-refractivity contribution in [1.82, 2.24) is 0 Å². The van der Waals surface area contributed by atoms with E-state index in [4.69, 9.17) is 9.47 Å². The topological polar surface area (TPSA) is 38.7 Å². The Labute approximate surface area is 102 Å². The van der Waals surface area contributed by atoms with Gasteiger partial charge in [-0.3, -0.25) is 0 Å². The van der Waals surface area contributed by atoms with Crippen LogP contribution in [0.4, 0.5) is 0 Å². The van der Waals surface area contributed by atoms with Crippen LogP contribution in [0.5, 0.6) is 0 Å². The quantitative estimate of drug-likeness (QED) is 0.858. The van der Waals surface area contributed by atoms with Crippen LogP contribution in [0.2, 0.25) is 0 Å². The summed E-state index contributed by atoms with van der Waals surface area (Å²) in [6, 6.07) is 7.85. The van der Waals surface area contributed by atoms with Gasteiger partial charge in [0.2, 0.25) is 0 Å². The summed E-state index contributed by atoms with van der Waals surface area (Å²) in [5.74, 6) is -0.518. The average Bonchev–Trinajstić information content (AvgIpc) is 2.58. The molecular weight excluding hydrogens is 216 g/mol. The SMILES string of the molecule is CC1(C)OCC(c2cccc(C(C)(C)O)c2)O1. The first kappa shape index (κ1) is 12.6. The minimum absolute atomic E-state index is 0.0488. The summed E-state index contributed by atoms with van der Waals surface area (Å²) in [6.07, 6.45) is -0.0488. The minimum Gasteiger partial charge on any atom is -0.386 e. The molecule has 0 saturated carbocycles. The van der Waals surface area contributed by atoms with Crippen molar-refractivity contribution >= 4 is 0 Å². The molecular formula is C14H20O3. The molecule has 94 valence electrons. The van der Waals surface area contributed by atoms with Gasteiger partial charge >= 0.3 is 0 Å². The van der Waals surface area contributed by atoms with Crippen LogP contribution in [-0.4, -0.2) is 17.5 Å². The van der Waals surface area contributed by atoms with E-state index in [0.29, 0.717) is 6.61 Å². The van der Waals surface area contributed by atoms with E-state index in [1.165, 1.54) is 0 Å². The van der Waals surface area contributed by atoms with Crippen LogP contribution in [0.25, 0.3) is 0 Å². The van der Waals surface area contributed by atoms with Gasteiger partial charge in [-0.05, 0) is 38.8 Å². The molecule has 3 nitrogen and oxygen atoms in total. The van der Waals surface area contributed by atoms with Crippen molar-refractivity contribution in [1.29, 1.82) is 0 Å². The van der Waals surface area contributed by atoms with Crippen LogP contribution in [0.15, 0.2) is 24.3 Å². The fraction of sp³-hybridized carbons (Fsp3) is 0.571. The molecule has 1 aromatic carbocycles. The lowest BCUT2D eigenvalue weighted by atomic mass is 9.95. The normalized spacial score (nSPS) is 23.9. The number of rotatable bonds is 2. The molecule has 17 heavy (non-hydrogen) atoms. The Balaban J connectivity index is 2.23. The summed E-state index contributed by atoms with van der Waals surface area (Å²) in [7, 11) is 0. The molecule has 0 spiro atoms. The fourth-order valence-electron chi connectivity index (χ4n) is 1.97. The Morgan fingerprint density at radius 2 is 2.06 bits per heavy atom. The largest absolute Gasteiger partial charge is 0.386 e. The van der Waals surface area contributed by atoms with Crippen LogP contribution < -0.4 is 0 Å².